The lowest BCUT2D eigenvalue weighted by atomic mass is 9.91. The molecule has 1 aliphatic heterocycles. The van der Waals surface area contributed by atoms with Gasteiger partial charge >= 0.3 is 0 Å². The zero-order valence-corrected chi connectivity index (χ0v) is 13.0. The minimum absolute atomic E-state index is 0.0151. The second kappa shape index (κ2) is 5.51. The van der Waals surface area contributed by atoms with Crippen molar-refractivity contribution in [3.05, 3.63) is 0 Å². The molecule has 1 fully saturated rings. The predicted octanol–water partition coefficient (Wildman–Crippen LogP) is 1.80. The maximum absolute atomic E-state index is 12.3. The van der Waals surface area contributed by atoms with Crippen LogP contribution in [0.2, 0.25) is 0 Å². The molecule has 1 aliphatic rings. The van der Waals surface area contributed by atoms with Gasteiger partial charge in [-0.25, -0.2) is 0 Å². The van der Waals surface area contributed by atoms with Crippen molar-refractivity contribution in [2.75, 3.05) is 19.1 Å². The molecule has 5 heteroatoms. The van der Waals surface area contributed by atoms with Crippen LogP contribution in [-0.2, 0) is 9.59 Å². The van der Waals surface area contributed by atoms with Crippen molar-refractivity contribution in [2.45, 2.75) is 46.3 Å². The monoisotopic (exact) mass is 272 g/mol. The number of hydrogen-bond acceptors (Lipinski definition) is 3. The van der Waals surface area contributed by atoms with Gasteiger partial charge in [0.1, 0.15) is 12.2 Å². The first kappa shape index (κ1) is 15.3. The van der Waals surface area contributed by atoms with Gasteiger partial charge in [0.2, 0.25) is 11.8 Å². The van der Waals surface area contributed by atoms with Crippen LogP contribution in [0.1, 0.15) is 34.1 Å². The molecule has 0 radical (unpaired) electrons. The Kier molecular flexibility index (Phi) is 4.70. The molecule has 0 saturated carbocycles. The fourth-order valence-corrected chi connectivity index (χ4v) is 3.17. The number of hydrogen-bond donors (Lipinski definition) is 0. The number of carbonyl (C=O) groups excluding carboxylic acids is 2. The normalized spacial score (nSPS) is 24.9. The number of carbonyl (C=O) groups is 2. The van der Waals surface area contributed by atoms with E-state index in [4.69, 9.17) is 0 Å². The summed E-state index contributed by atoms with van der Waals surface area (Å²) in [6.45, 7) is 7.74. The van der Waals surface area contributed by atoms with Gasteiger partial charge in [-0.2, -0.15) is 11.8 Å². The van der Waals surface area contributed by atoms with Gasteiger partial charge in [0, 0.05) is 19.4 Å². The molecule has 18 heavy (non-hydrogen) atoms. The number of likely N-dealkylation sites (N-methyl/N-ethyl adjacent to an activating group) is 1. The Bertz CT molecular complexity index is 338. The Morgan fingerprint density at radius 2 is 1.94 bits per heavy atom. The largest absolute Gasteiger partial charge is 0.323 e. The molecule has 2 unspecified atom stereocenters. The highest BCUT2D eigenvalue weighted by atomic mass is 32.2. The summed E-state index contributed by atoms with van der Waals surface area (Å²) in [5, 5.41) is 0. The van der Waals surface area contributed by atoms with E-state index in [2.05, 4.69) is 20.8 Å². The molecule has 2 atom stereocenters. The molecule has 0 spiro atoms. The standard InChI is InChI=1S/C13H24N2O2S/c1-9(16)15-10(7-8-18-6)11(17)14(5)12(15)13(2,3)4/h10,12H,7-8H2,1-6H3. The molecule has 0 aromatic rings. The lowest BCUT2D eigenvalue weighted by Crippen LogP contribution is -2.50. The molecule has 2 amide bonds. The first-order chi connectivity index (χ1) is 8.21. The SMILES string of the molecule is CSCCC1C(=O)N(C)C(C(C)(C)C)N1C(C)=O. The smallest absolute Gasteiger partial charge is 0.246 e. The second-order valence-corrected chi connectivity index (χ2v) is 6.90. The van der Waals surface area contributed by atoms with Crippen molar-refractivity contribution in [1.29, 1.82) is 0 Å². The minimum atomic E-state index is -0.288. The summed E-state index contributed by atoms with van der Waals surface area (Å²) in [7, 11) is 1.80. The van der Waals surface area contributed by atoms with Crippen LogP contribution in [0.25, 0.3) is 0 Å². The van der Waals surface area contributed by atoms with Crippen LogP contribution in [0.5, 0.6) is 0 Å². The average molecular weight is 272 g/mol. The molecule has 1 saturated heterocycles. The van der Waals surface area contributed by atoms with Crippen LogP contribution >= 0.6 is 11.8 Å². The van der Waals surface area contributed by atoms with E-state index in [0.29, 0.717) is 0 Å². The molecular weight excluding hydrogens is 248 g/mol. The maximum Gasteiger partial charge on any atom is 0.246 e. The first-order valence-corrected chi connectivity index (χ1v) is 7.65. The van der Waals surface area contributed by atoms with Crippen molar-refractivity contribution in [3.8, 4) is 0 Å². The average Bonchev–Trinajstić information content (AvgIpc) is 2.49. The number of thioether (sulfide) groups is 1. The fraction of sp³-hybridized carbons (Fsp3) is 0.846. The zero-order chi connectivity index (χ0) is 14.1. The highest BCUT2D eigenvalue weighted by molar-refractivity contribution is 7.98. The number of amides is 2. The van der Waals surface area contributed by atoms with Gasteiger partial charge in [0.15, 0.2) is 0 Å². The third kappa shape index (κ3) is 2.82. The number of nitrogens with zero attached hydrogens (tertiary/aromatic N) is 2. The molecule has 1 rings (SSSR count). The highest BCUT2D eigenvalue weighted by Gasteiger charge is 2.49. The van der Waals surface area contributed by atoms with Crippen molar-refractivity contribution >= 4 is 23.6 Å². The molecule has 0 aromatic heterocycles. The molecule has 0 aliphatic carbocycles. The summed E-state index contributed by atoms with van der Waals surface area (Å²) in [6.07, 6.45) is 2.60. The van der Waals surface area contributed by atoms with E-state index in [1.165, 1.54) is 0 Å². The summed E-state index contributed by atoms with van der Waals surface area (Å²) in [5.74, 6) is 0.947. The summed E-state index contributed by atoms with van der Waals surface area (Å²) in [6, 6.07) is -0.288. The van der Waals surface area contributed by atoms with Gasteiger partial charge in [-0.05, 0) is 18.4 Å². The van der Waals surface area contributed by atoms with Crippen molar-refractivity contribution in [1.82, 2.24) is 9.80 Å². The maximum atomic E-state index is 12.3. The lowest BCUT2D eigenvalue weighted by molar-refractivity contribution is -0.136. The Morgan fingerprint density at radius 3 is 2.33 bits per heavy atom. The topological polar surface area (TPSA) is 40.6 Å². The van der Waals surface area contributed by atoms with Gasteiger partial charge in [-0.3, -0.25) is 9.59 Å². The number of rotatable bonds is 3. The summed E-state index contributed by atoms with van der Waals surface area (Å²) < 4.78 is 0. The molecule has 0 bridgehead atoms. The van der Waals surface area contributed by atoms with Crippen LogP contribution in [0.4, 0.5) is 0 Å². The van der Waals surface area contributed by atoms with E-state index in [0.717, 1.165) is 12.2 Å². The van der Waals surface area contributed by atoms with E-state index in [9.17, 15) is 9.59 Å². The molecule has 0 aromatic carbocycles. The third-order valence-corrected chi connectivity index (χ3v) is 3.98. The third-order valence-electron chi connectivity index (χ3n) is 3.33. The van der Waals surface area contributed by atoms with E-state index in [1.54, 1.807) is 35.5 Å². The van der Waals surface area contributed by atoms with Crippen molar-refractivity contribution < 1.29 is 9.59 Å². The molecule has 104 valence electrons. The summed E-state index contributed by atoms with van der Waals surface area (Å²) in [4.78, 5) is 27.7. The van der Waals surface area contributed by atoms with Gasteiger partial charge in [-0.1, -0.05) is 20.8 Å². The first-order valence-electron chi connectivity index (χ1n) is 6.26. The van der Waals surface area contributed by atoms with Crippen molar-refractivity contribution in [3.63, 3.8) is 0 Å². The predicted molar refractivity (Wildman–Crippen MR) is 75.3 cm³/mol. The van der Waals surface area contributed by atoms with Crippen molar-refractivity contribution in [2.24, 2.45) is 5.41 Å². The van der Waals surface area contributed by atoms with E-state index >= 15 is 0 Å². The van der Waals surface area contributed by atoms with Crippen LogP contribution < -0.4 is 0 Å². The highest BCUT2D eigenvalue weighted by Crippen LogP contribution is 2.35. The minimum Gasteiger partial charge on any atom is -0.323 e. The Labute approximate surface area is 114 Å². The second-order valence-electron chi connectivity index (χ2n) is 5.91. The summed E-state index contributed by atoms with van der Waals surface area (Å²) in [5.41, 5.74) is -0.135. The Morgan fingerprint density at radius 1 is 1.39 bits per heavy atom. The molecule has 4 nitrogen and oxygen atoms in total. The van der Waals surface area contributed by atoms with Crippen LogP contribution in [0, 0.1) is 5.41 Å². The quantitative estimate of drug-likeness (QED) is 0.786. The van der Waals surface area contributed by atoms with Gasteiger partial charge < -0.3 is 9.80 Å². The zero-order valence-electron chi connectivity index (χ0n) is 12.2. The van der Waals surface area contributed by atoms with E-state index in [1.807, 2.05) is 6.26 Å². The van der Waals surface area contributed by atoms with Crippen LogP contribution in [-0.4, -0.2) is 52.9 Å². The van der Waals surface area contributed by atoms with Crippen LogP contribution in [0.15, 0.2) is 0 Å². The van der Waals surface area contributed by atoms with Gasteiger partial charge in [-0.15, -0.1) is 0 Å². The fourth-order valence-electron chi connectivity index (χ4n) is 2.71. The van der Waals surface area contributed by atoms with Gasteiger partial charge in [0.25, 0.3) is 0 Å². The Balaban J connectivity index is 3.05. The molecule has 1 heterocycles. The van der Waals surface area contributed by atoms with E-state index < -0.39 is 0 Å². The molecule has 0 N–H and O–H groups in total. The van der Waals surface area contributed by atoms with Gasteiger partial charge in [0.05, 0.1) is 0 Å². The lowest BCUT2D eigenvalue weighted by Gasteiger charge is -2.38. The van der Waals surface area contributed by atoms with Crippen LogP contribution in [0.3, 0.4) is 0 Å². The Hall–Kier alpha value is -0.710. The van der Waals surface area contributed by atoms with E-state index in [-0.39, 0.29) is 29.4 Å². The molecular formula is C13H24N2O2S. The summed E-state index contributed by atoms with van der Waals surface area (Å²) >= 11 is 1.71.